The van der Waals surface area contributed by atoms with Crippen LogP contribution in [0.1, 0.15) is 59.7 Å². The van der Waals surface area contributed by atoms with Crippen molar-refractivity contribution in [1.82, 2.24) is 10.2 Å². The Bertz CT molecular complexity index is 1480. The molecule has 1 atom stereocenters. The number of alkyl halides is 2. The van der Waals surface area contributed by atoms with E-state index in [1.807, 2.05) is 24.1 Å². The van der Waals surface area contributed by atoms with Crippen LogP contribution in [0.3, 0.4) is 0 Å². The standard InChI is InChI=1S/C35H41F3N2O4/c1-5-7-25(8-6-9-32(41)28-13-11-26(12-14-28)27-15-17-29(36)18-16-27)22-40(3)23-31-24(2)10-19-30(33(31)44-35(37)38)34(42)39-20-21-43-4/h10-19,23,25,35H,2,5-9,20-22H2,1,3-4H3,(H,39,42)/b31-23+. The lowest BCUT2D eigenvalue weighted by molar-refractivity contribution is -0.0509. The maximum Gasteiger partial charge on any atom is 0.387 e. The highest BCUT2D eigenvalue weighted by molar-refractivity contribution is 5.97. The number of hydrogen-bond acceptors (Lipinski definition) is 5. The predicted molar refractivity (Wildman–Crippen MR) is 168 cm³/mol. The number of carbonyl (C=O) groups excluding carboxylic acids is 2. The molecule has 3 rings (SSSR count). The average molecular weight is 611 g/mol. The van der Waals surface area contributed by atoms with Crippen LogP contribution in [0.25, 0.3) is 23.9 Å². The lowest BCUT2D eigenvalue weighted by Gasteiger charge is -2.23. The van der Waals surface area contributed by atoms with E-state index in [9.17, 15) is 22.8 Å². The molecule has 0 aliphatic heterocycles. The van der Waals surface area contributed by atoms with E-state index >= 15 is 0 Å². The van der Waals surface area contributed by atoms with Crippen LogP contribution in [0.2, 0.25) is 0 Å². The lowest BCUT2D eigenvalue weighted by Crippen LogP contribution is -2.35. The van der Waals surface area contributed by atoms with Crippen molar-refractivity contribution in [1.29, 1.82) is 0 Å². The number of carbonyl (C=O) groups is 2. The molecule has 0 radical (unpaired) electrons. The van der Waals surface area contributed by atoms with E-state index < -0.39 is 12.5 Å². The normalized spacial score (nSPS) is 12.3. The third-order valence-corrected chi connectivity index (χ3v) is 7.32. The monoisotopic (exact) mass is 610 g/mol. The Labute approximate surface area is 257 Å². The van der Waals surface area contributed by atoms with Crippen molar-refractivity contribution in [3.63, 3.8) is 0 Å². The van der Waals surface area contributed by atoms with Crippen LogP contribution < -0.4 is 20.5 Å². The van der Waals surface area contributed by atoms with Gasteiger partial charge in [-0.3, -0.25) is 9.59 Å². The number of nitrogens with zero attached hydrogens (tertiary/aromatic N) is 1. The summed E-state index contributed by atoms with van der Waals surface area (Å²) in [6.45, 7) is 4.06. The van der Waals surface area contributed by atoms with Gasteiger partial charge in [-0.2, -0.15) is 8.78 Å². The Morgan fingerprint density at radius 3 is 2.27 bits per heavy atom. The summed E-state index contributed by atoms with van der Waals surface area (Å²) in [6, 6.07) is 16.6. The molecule has 1 N–H and O–H groups in total. The van der Waals surface area contributed by atoms with Gasteiger partial charge in [0.15, 0.2) is 5.78 Å². The van der Waals surface area contributed by atoms with E-state index in [1.54, 1.807) is 36.5 Å². The third kappa shape index (κ3) is 10.3. The van der Waals surface area contributed by atoms with E-state index in [2.05, 4.69) is 18.8 Å². The first kappa shape index (κ1) is 34.4. The quantitative estimate of drug-likeness (QED) is 0.150. The number of methoxy groups -OCH3 is 1. The number of ketones is 1. The molecule has 0 saturated carbocycles. The molecule has 6 nitrogen and oxygen atoms in total. The zero-order valence-corrected chi connectivity index (χ0v) is 25.6. The van der Waals surface area contributed by atoms with Gasteiger partial charge in [-0.1, -0.05) is 62.4 Å². The summed E-state index contributed by atoms with van der Waals surface area (Å²) in [5.41, 5.74) is 2.41. The summed E-state index contributed by atoms with van der Waals surface area (Å²) in [6.07, 6.45) is 5.48. The number of rotatable bonds is 17. The van der Waals surface area contributed by atoms with Crippen molar-refractivity contribution < 1.29 is 32.2 Å². The van der Waals surface area contributed by atoms with Crippen molar-refractivity contribution in [3.8, 4) is 16.9 Å². The second kappa shape index (κ2) is 17.3. The first-order valence-electron chi connectivity index (χ1n) is 14.8. The molecule has 236 valence electrons. The highest BCUT2D eigenvalue weighted by Crippen LogP contribution is 2.22. The van der Waals surface area contributed by atoms with E-state index in [4.69, 9.17) is 9.47 Å². The number of amides is 1. The molecule has 9 heteroatoms. The van der Waals surface area contributed by atoms with Gasteiger partial charge in [0, 0.05) is 50.6 Å². The van der Waals surface area contributed by atoms with E-state index in [0.717, 1.165) is 30.4 Å². The van der Waals surface area contributed by atoms with Gasteiger partial charge in [0.2, 0.25) is 0 Å². The second-order valence-corrected chi connectivity index (χ2v) is 10.8. The fourth-order valence-corrected chi connectivity index (χ4v) is 5.14. The van der Waals surface area contributed by atoms with E-state index in [1.165, 1.54) is 25.3 Å². The molecule has 1 unspecified atom stereocenters. The number of Topliss-reactive ketones (excluding diaryl/α,β-unsaturated/α-hetero) is 1. The smallest absolute Gasteiger partial charge is 0.387 e. The molecule has 0 heterocycles. The van der Waals surface area contributed by atoms with Gasteiger partial charge >= 0.3 is 6.61 Å². The molecule has 0 aromatic heterocycles. The van der Waals surface area contributed by atoms with Gasteiger partial charge < -0.3 is 19.7 Å². The van der Waals surface area contributed by atoms with Gasteiger partial charge in [-0.15, -0.1) is 0 Å². The highest BCUT2D eigenvalue weighted by atomic mass is 19.3. The number of hydrogen-bond donors (Lipinski definition) is 1. The Balaban J connectivity index is 1.67. The summed E-state index contributed by atoms with van der Waals surface area (Å²) in [5.74, 6) is -0.757. The summed E-state index contributed by atoms with van der Waals surface area (Å²) in [4.78, 5) is 27.5. The average Bonchev–Trinajstić information content (AvgIpc) is 2.99. The maximum atomic E-state index is 13.4. The fraction of sp³-hybridized carbons (Fsp3) is 0.371. The Morgan fingerprint density at radius 1 is 1.00 bits per heavy atom. The number of nitrogens with one attached hydrogen (secondary N) is 1. The summed E-state index contributed by atoms with van der Waals surface area (Å²) in [5, 5.41) is 3.40. The van der Waals surface area contributed by atoms with Gasteiger partial charge in [-0.25, -0.2) is 4.39 Å². The van der Waals surface area contributed by atoms with Crippen LogP contribution in [0.15, 0.2) is 60.7 Å². The van der Waals surface area contributed by atoms with Gasteiger partial charge in [0.25, 0.3) is 5.91 Å². The van der Waals surface area contributed by atoms with Crippen molar-refractivity contribution in [3.05, 3.63) is 88.0 Å². The summed E-state index contributed by atoms with van der Waals surface area (Å²) >= 11 is 0. The van der Waals surface area contributed by atoms with Gasteiger partial charge in [0.05, 0.1) is 12.2 Å². The lowest BCUT2D eigenvalue weighted by atomic mass is 9.94. The predicted octanol–water partition coefficient (Wildman–Crippen LogP) is 6.02. The molecule has 44 heavy (non-hydrogen) atoms. The molecule has 0 aliphatic carbocycles. The van der Waals surface area contributed by atoms with Gasteiger partial charge in [-0.05, 0) is 59.7 Å². The summed E-state index contributed by atoms with van der Waals surface area (Å²) in [7, 11) is 3.34. The fourth-order valence-electron chi connectivity index (χ4n) is 5.14. The van der Waals surface area contributed by atoms with Crippen LogP contribution in [-0.4, -0.2) is 57.1 Å². The van der Waals surface area contributed by atoms with E-state index in [-0.39, 0.29) is 42.0 Å². The van der Waals surface area contributed by atoms with E-state index in [0.29, 0.717) is 35.4 Å². The molecule has 3 aromatic rings. The molecule has 0 aliphatic rings. The van der Waals surface area contributed by atoms with Crippen molar-refractivity contribution in [2.24, 2.45) is 5.92 Å². The first-order valence-corrected chi connectivity index (χ1v) is 14.8. The van der Waals surface area contributed by atoms with Crippen LogP contribution in [0.4, 0.5) is 13.2 Å². The molecular weight excluding hydrogens is 569 g/mol. The molecular formula is C35H41F3N2O4. The highest BCUT2D eigenvalue weighted by Gasteiger charge is 2.19. The van der Waals surface area contributed by atoms with Crippen molar-refractivity contribution >= 4 is 24.5 Å². The molecule has 0 spiro atoms. The number of ether oxygens (including phenoxy) is 2. The number of benzene rings is 3. The van der Waals surface area contributed by atoms with Gasteiger partial charge in [0.1, 0.15) is 11.6 Å². The Kier molecular flexibility index (Phi) is 13.5. The third-order valence-electron chi connectivity index (χ3n) is 7.32. The molecule has 0 saturated heterocycles. The molecule has 1 amide bonds. The van der Waals surface area contributed by atoms with Crippen LogP contribution >= 0.6 is 0 Å². The van der Waals surface area contributed by atoms with Crippen molar-refractivity contribution in [2.75, 3.05) is 33.9 Å². The zero-order chi connectivity index (χ0) is 32.1. The SMILES string of the molecule is C=c1ccc(C(=O)NCCOC)c(OC(F)F)/c1=C/N(C)CC(CCC)CCCC(=O)c1ccc(-c2ccc(F)cc2)cc1. The maximum absolute atomic E-state index is 13.4. The second-order valence-electron chi connectivity index (χ2n) is 10.8. The van der Waals surface area contributed by atoms with Crippen LogP contribution in [0, 0.1) is 11.7 Å². The van der Waals surface area contributed by atoms with Crippen LogP contribution in [0.5, 0.6) is 5.75 Å². The largest absolute Gasteiger partial charge is 0.433 e. The first-order chi connectivity index (χ1) is 21.1. The van der Waals surface area contributed by atoms with Crippen LogP contribution in [-0.2, 0) is 4.74 Å². The molecule has 0 fully saturated rings. The Morgan fingerprint density at radius 2 is 1.66 bits per heavy atom. The van der Waals surface area contributed by atoms with Crippen molar-refractivity contribution in [2.45, 2.75) is 45.6 Å². The Hall–Kier alpha value is -4.11. The zero-order valence-electron chi connectivity index (χ0n) is 25.6. The molecule has 0 bridgehead atoms. The minimum absolute atomic E-state index is 0.0113. The summed E-state index contributed by atoms with van der Waals surface area (Å²) < 4.78 is 49.8. The minimum Gasteiger partial charge on any atom is -0.433 e. The molecule has 3 aromatic carbocycles. The minimum atomic E-state index is -3.12. The topological polar surface area (TPSA) is 67.9 Å². The number of halogens is 3.